The molecule has 0 spiro atoms. The van der Waals surface area contributed by atoms with Crippen LogP contribution >= 0.6 is 27.5 Å². The van der Waals surface area contributed by atoms with Crippen LogP contribution < -0.4 is 10.5 Å². The monoisotopic (exact) mass is 302 g/mol. The molecule has 0 amide bonds. The molecule has 0 bridgehead atoms. The molecule has 0 aliphatic carbocycles. The molecule has 0 unspecified atom stereocenters. The first-order valence-corrected chi connectivity index (χ1v) is 5.55. The largest absolute Gasteiger partial charge is 0.496 e. The molecule has 1 heterocycles. The zero-order valence-electron chi connectivity index (χ0n) is 8.33. The minimum Gasteiger partial charge on any atom is -0.496 e. The lowest BCUT2D eigenvalue weighted by Gasteiger charge is -2.04. The van der Waals surface area contributed by atoms with E-state index in [4.69, 9.17) is 26.6 Å². The number of halogens is 2. The highest BCUT2D eigenvalue weighted by Crippen LogP contribution is 2.35. The van der Waals surface area contributed by atoms with Crippen molar-refractivity contribution in [2.75, 3.05) is 12.8 Å². The second-order valence-corrected chi connectivity index (χ2v) is 4.29. The molecular weight excluding hydrogens is 295 g/mol. The average molecular weight is 304 g/mol. The fourth-order valence-electron chi connectivity index (χ4n) is 1.28. The van der Waals surface area contributed by atoms with Gasteiger partial charge in [0.25, 0.3) is 0 Å². The minimum absolute atomic E-state index is 0.184. The first-order valence-electron chi connectivity index (χ1n) is 4.38. The van der Waals surface area contributed by atoms with Crippen LogP contribution in [0.1, 0.15) is 0 Å². The molecule has 4 nitrogen and oxygen atoms in total. The van der Waals surface area contributed by atoms with Crippen molar-refractivity contribution in [3.05, 3.63) is 27.7 Å². The summed E-state index contributed by atoms with van der Waals surface area (Å²) in [5, 5.41) is 3.91. The Kier molecular flexibility index (Phi) is 3.07. The van der Waals surface area contributed by atoms with E-state index in [9.17, 15) is 0 Å². The molecule has 0 aliphatic rings. The number of hydrogen-bond donors (Lipinski definition) is 1. The first kappa shape index (κ1) is 11.3. The number of anilines is 1. The summed E-state index contributed by atoms with van der Waals surface area (Å²) in [4.78, 5) is 0. The van der Waals surface area contributed by atoms with Crippen LogP contribution in [0.15, 0.2) is 27.2 Å². The van der Waals surface area contributed by atoms with E-state index in [-0.39, 0.29) is 5.82 Å². The zero-order valence-corrected chi connectivity index (χ0v) is 10.7. The van der Waals surface area contributed by atoms with Crippen LogP contribution in [-0.2, 0) is 0 Å². The number of aromatic nitrogens is 1. The van der Waals surface area contributed by atoms with Crippen molar-refractivity contribution < 1.29 is 9.26 Å². The van der Waals surface area contributed by atoms with Crippen LogP contribution in [0.5, 0.6) is 5.75 Å². The standard InChI is InChI=1S/C10H8BrClN2O2/c1-15-7-3-2-5(4-6(7)11)9-8(12)10(13)14-16-9/h2-4H,1H3,(H2,13,14). The molecule has 16 heavy (non-hydrogen) atoms. The Balaban J connectivity index is 2.49. The molecule has 0 atom stereocenters. The highest BCUT2D eigenvalue weighted by Gasteiger charge is 2.14. The van der Waals surface area contributed by atoms with Gasteiger partial charge < -0.3 is 15.0 Å². The van der Waals surface area contributed by atoms with Crippen LogP contribution in [0, 0.1) is 0 Å². The van der Waals surface area contributed by atoms with Gasteiger partial charge in [-0.05, 0) is 34.1 Å². The van der Waals surface area contributed by atoms with E-state index in [1.54, 1.807) is 13.2 Å². The van der Waals surface area contributed by atoms with E-state index in [1.807, 2.05) is 12.1 Å². The van der Waals surface area contributed by atoms with Crippen molar-refractivity contribution in [2.24, 2.45) is 0 Å². The Labute approximate surface area is 105 Å². The van der Waals surface area contributed by atoms with Gasteiger partial charge in [0, 0.05) is 5.56 Å². The highest BCUT2D eigenvalue weighted by molar-refractivity contribution is 9.10. The zero-order chi connectivity index (χ0) is 11.7. The fourth-order valence-corrected chi connectivity index (χ4v) is 2.00. The first-order chi connectivity index (χ1) is 7.63. The summed E-state index contributed by atoms with van der Waals surface area (Å²) in [6.07, 6.45) is 0. The van der Waals surface area contributed by atoms with Gasteiger partial charge in [-0.2, -0.15) is 0 Å². The summed E-state index contributed by atoms with van der Waals surface area (Å²) in [6, 6.07) is 5.44. The lowest BCUT2D eigenvalue weighted by molar-refractivity contribution is 0.412. The van der Waals surface area contributed by atoms with Crippen LogP contribution in [0.2, 0.25) is 5.02 Å². The molecule has 1 aromatic carbocycles. The molecular formula is C10H8BrClN2O2. The third-order valence-electron chi connectivity index (χ3n) is 2.07. The number of rotatable bonds is 2. The Morgan fingerprint density at radius 1 is 1.50 bits per heavy atom. The minimum atomic E-state index is 0.184. The van der Waals surface area contributed by atoms with E-state index in [0.717, 1.165) is 15.8 Å². The summed E-state index contributed by atoms with van der Waals surface area (Å²) in [7, 11) is 1.60. The number of nitrogens with two attached hydrogens (primary N) is 1. The van der Waals surface area contributed by atoms with Gasteiger partial charge in [0.05, 0.1) is 11.6 Å². The molecule has 0 radical (unpaired) electrons. The predicted octanol–water partition coefficient (Wildman–Crippen LogP) is 3.35. The van der Waals surface area contributed by atoms with Crippen molar-refractivity contribution >= 4 is 33.3 Å². The van der Waals surface area contributed by atoms with E-state index in [1.165, 1.54) is 0 Å². The molecule has 2 aromatic rings. The van der Waals surface area contributed by atoms with E-state index < -0.39 is 0 Å². The van der Waals surface area contributed by atoms with Gasteiger partial charge in [0.2, 0.25) is 0 Å². The van der Waals surface area contributed by atoms with E-state index in [0.29, 0.717) is 10.8 Å². The molecule has 84 valence electrons. The van der Waals surface area contributed by atoms with E-state index in [2.05, 4.69) is 21.1 Å². The van der Waals surface area contributed by atoms with Gasteiger partial charge in [0.1, 0.15) is 10.8 Å². The fraction of sp³-hybridized carbons (Fsp3) is 0.100. The maximum absolute atomic E-state index is 5.94. The number of ether oxygens (including phenoxy) is 1. The summed E-state index contributed by atoms with van der Waals surface area (Å²) in [6.45, 7) is 0. The highest BCUT2D eigenvalue weighted by atomic mass is 79.9. The van der Waals surface area contributed by atoms with Gasteiger partial charge in [-0.25, -0.2) is 0 Å². The normalized spacial score (nSPS) is 10.4. The number of nitrogen functional groups attached to an aromatic ring is 1. The third-order valence-corrected chi connectivity index (χ3v) is 3.06. The number of benzene rings is 1. The topological polar surface area (TPSA) is 61.3 Å². The SMILES string of the molecule is COc1ccc(-c2onc(N)c2Cl)cc1Br. The Bertz CT molecular complexity index is 528. The summed E-state index contributed by atoms with van der Waals surface area (Å²) in [5.74, 6) is 1.36. The van der Waals surface area contributed by atoms with Gasteiger partial charge in [-0.15, -0.1) is 0 Å². The molecule has 2 rings (SSSR count). The molecule has 1 aromatic heterocycles. The van der Waals surface area contributed by atoms with Crippen molar-refractivity contribution in [3.8, 4) is 17.1 Å². The lowest BCUT2D eigenvalue weighted by atomic mass is 10.1. The second-order valence-electron chi connectivity index (χ2n) is 3.06. The molecule has 0 fully saturated rings. The molecule has 0 saturated heterocycles. The molecule has 2 N–H and O–H groups in total. The third kappa shape index (κ3) is 1.88. The van der Waals surface area contributed by atoms with Crippen molar-refractivity contribution in [2.45, 2.75) is 0 Å². The average Bonchev–Trinajstić information content (AvgIpc) is 2.60. The summed E-state index contributed by atoms with van der Waals surface area (Å²) < 4.78 is 11.0. The second kappa shape index (κ2) is 4.35. The van der Waals surface area contributed by atoms with Crippen LogP contribution in [0.25, 0.3) is 11.3 Å². The molecule has 0 saturated carbocycles. The van der Waals surface area contributed by atoms with Gasteiger partial charge in [-0.3, -0.25) is 0 Å². The smallest absolute Gasteiger partial charge is 0.187 e. The predicted molar refractivity (Wildman–Crippen MR) is 65.6 cm³/mol. The molecule has 0 aliphatic heterocycles. The number of hydrogen-bond acceptors (Lipinski definition) is 4. The van der Waals surface area contributed by atoms with Crippen molar-refractivity contribution in [1.29, 1.82) is 0 Å². The van der Waals surface area contributed by atoms with Gasteiger partial charge >= 0.3 is 0 Å². The Morgan fingerprint density at radius 2 is 2.25 bits per heavy atom. The van der Waals surface area contributed by atoms with Crippen LogP contribution in [0.4, 0.5) is 5.82 Å². The Hall–Kier alpha value is -1.20. The summed E-state index contributed by atoms with van der Waals surface area (Å²) >= 11 is 9.32. The van der Waals surface area contributed by atoms with Gasteiger partial charge in [-0.1, -0.05) is 16.8 Å². The van der Waals surface area contributed by atoms with Gasteiger partial charge in [0.15, 0.2) is 11.6 Å². The van der Waals surface area contributed by atoms with E-state index >= 15 is 0 Å². The van der Waals surface area contributed by atoms with Crippen molar-refractivity contribution in [3.63, 3.8) is 0 Å². The maximum atomic E-state index is 5.94. The van der Waals surface area contributed by atoms with Crippen molar-refractivity contribution in [1.82, 2.24) is 5.16 Å². The maximum Gasteiger partial charge on any atom is 0.187 e. The number of methoxy groups -OCH3 is 1. The number of nitrogens with zero attached hydrogens (tertiary/aromatic N) is 1. The van der Waals surface area contributed by atoms with Crippen LogP contribution in [-0.4, -0.2) is 12.3 Å². The summed E-state index contributed by atoms with van der Waals surface area (Å²) in [5.41, 5.74) is 6.28. The Morgan fingerprint density at radius 3 is 2.75 bits per heavy atom. The quantitative estimate of drug-likeness (QED) is 0.924. The lowest BCUT2D eigenvalue weighted by Crippen LogP contribution is -1.85. The van der Waals surface area contributed by atoms with Crippen LogP contribution in [0.3, 0.4) is 0 Å². The molecule has 6 heteroatoms.